The third kappa shape index (κ3) is 6.37. The van der Waals surface area contributed by atoms with Crippen LogP contribution in [0, 0.1) is 0 Å². The number of carbonyl (C=O) groups is 1. The standard InChI is InChI=1S/C12H8N2.C9H11N3O3.Ni.H2O/c1-3-9-5-6-10-4-2-8-14-12(10)11(9)13-7-1;1-15-7-4-2-3-6(8(7)13)5-11-12-9(10)14;;/h1-8H;2-5H,1H3,(H4,10,11,12,13,14);;1H2/q;;+2;/p-2. The summed E-state index contributed by atoms with van der Waals surface area (Å²) in [5, 5.41) is 17.1. The monoisotopic (exact) mass is 463 g/mol. The van der Waals surface area contributed by atoms with Gasteiger partial charge >= 0.3 is 16.5 Å². The number of primary amides is 1. The molecular formula is C21H19N5NiO4. The molecule has 2 aromatic carbocycles. The molecule has 0 radical (unpaired) electrons. The summed E-state index contributed by atoms with van der Waals surface area (Å²) < 4.78 is 4.82. The minimum Gasteiger partial charge on any atom is -0.870 e. The molecular weight excluding hydrogens is 445 g/mol. The van der Waals surface area contributed by atoms with Gasteiger partial charge in [0.2, 0.25) is 0 Å². The second kappa shape index (κ2) is 12.1. The molecule has 4 rings (SSSR count). The molecule has 0 aliphatic carbocycles. The Balaban J connectivity index is 0.000000291. The molecule has 2 amide bonds. The Morgan fingerprint density at radius 1 is 1.03 bits per heavy atom. The number of pyridine rings is 2. The predicted octanol–water partition coefficient (Wildman–Crippen LogP) is 2.51. The number of fused-ring (bicyclic) bond motifs is 3. The first-order chi connectivity index (χ1) is 14.1. The van der Waals surface area contributed by atoms with Crippen molar-refractivity contribution in [1.82, 2.24) is 9.97 Å². The van der Waals surface area contributed by atoms with Gasteiger partial charge in [-0.15, -0.1) is 0 Å². The van der Waals surface area contributed by atoms with Crippen molar-refractivity contribution in [3.05, 3.63) is 78.0 Å². The van der Waals surface area contributed by atoms with Crippen LogP contribution in [-0.2, 0) is 16.5 Å². The topological polar surface area (TPSA) is 159 Å². The summed E-state index contributed by atoms with van der Waals surface area (Å²) in [6.45, 7) is 0. The Labute approximate surface area is 188 Å². The normalized spacial score (nSPS) is 9.84. The van der Waals surface area contributed by atoms with E-state index in [0.29, 0.717) is 0 Å². The number of amides is 2. The van der Waals surface area contributed by atoms with E-state index in [-0.39, 0.29) is 39.0 Å². The SMILES string of the molecule is COc1cccc(C=N[N-]C(N)=O)c1[O-].O.[Ni+2].c1cnc2c(c1)ccc1cccnc12. The fraction of sp³-hybridized carbons (Fsp3) is 0.0476. The van der Waals surface area contributed by atoms with Crippen LogP contribution in [0.2, 0.25) is 0 Å². The molecule has 2 aromatic heterocycles. The van der Waals surface area contributed by atoms with E-state index in [2.05, 4.69) is 44.8 Å². The number of nitrogens with two attached hydrogens (primary N) is 1. The van der Waals surface area contributed by atoms with Gasteiger partial charge in [0.15, 0.2) is 6.03 Å². The molecule has 0 fully saturated rings. The number of hydrogen-bond acceptors (Lipinski definition) is 6. The smallest absolute Gasteiger partial charge is 0.870 e. The van der Waals surface area contributed by atoms with Gasteiger partial charge < -0.3 is 26.5 Å². The Morgan fingerprint density at radius 2 is 1.61 bits per heavy atom. The van der Waals surface area contributed by atoms with Gasteiger partial charge in [0.1, 0.15) is 5.75 Å². The van der Waals surface area contributed by atoms with Gasteiger partial charge in [-0.25, -0.2) is 0 Å². The van der Waals surface area contributed by atoms with E-state index in [9.17, 15) is 9.90 Å². The van der Waals surface area contributed by atoms with Crippen LogP contribution in [0.1, 0.15) is 5.56 Å². The number of methoxy groups -OCH3 is 1. The van der Waals surface area contributed by atoms with Crippen LogP contribution in [0.3, 0.4) is 0 Å². The molecule has 0 saturated heterocycles. The van der Waals surface area contributed by atoms with E-state index in [1.165, 1.54) is 19.2 Å². The average molecular weight is 464 g/mol. The maximum Gasteiger partial charge on any atom is 2.00 e. The molecule has 9 nitrogen and oxygen atoms in total. The molecule has 0 saturated carbocycles. The van der Waals surface area contributed by atoms with Crippen molar-refractivity contribution in [2.45, 2.75) is 0 Å². The number of rotatable bonds is 3. The minimum atomic E-state index is -0.915. The largest absolute Gasteiger partial charge is 2.00 e. The van der Waals surface area contributed by atoms with Crippen LogP contribution >= 0.6 is 0 Å². The Morgan fingerprint density at radius 3 is 2.13 bits per heavy atom. The van der Waals surface area contributed by atoms with Crippen molar-refractivity contribution in [1.29, 1.82) is 0 Å². The summed E-state index contributed by atoms with van der Waals surface area (Å²) in [6.07, 6.45) is 4.75. The van der Waals surface area contributed by atoms with Crippen molar-refractivity contribution in [2.24, 2.45) is 10.8 Å². The number of hydrogen-bond donors (Lipinski definition) is 1. The van der Waals surface area contributed by atoms with Crippen molar-refractivity contribution < 1.29 is 36.6 Å². The maximum atomic E-state index is 11.5. The van der Waals surface area contributed by atoms with Crippen molar-refractivity contribution in [3.63, 3.8) is 0 Å². The number of carbonyl (C=O) groups excluding carboxylic acids is 1. The minimum absolute atomic E-state index is 0. The molecule has 4 aromatic rings. The molecule has 2 heterocycles. The van der Waals surface area contributed by atoms with E-state index < -0.39 is 6.03 Å². The molecule has 0 unspecified atom stereocenters. The van der Waals surface area contributed by atoms with E-state index >= 15 is 0 Å². The summed E-state index contributed by atoms with van der Waals surface area (Å²) in [4.78, 5) is 18.9. The third-order valence-corrected chi connectivity index (χ3v) is 3.93. The first kappa shape index (κ1) is 25.3. The van der Waals surface area contributed by atoms with Gasteiger partial charge in [0, 0.05) is 29.4 Å². The summed E-state index contributed by atoms with van der Waals surface area (Å²) >= 11 is 0. The first-order valence-electron chi connectivity index (χ1n) is 8.56. The molecule has 10 heteroatoms. The zero-order chi connectivity index (χ0) is 20.6. The van der Waals surface area contributed by atoms with Crippen LogP contribution in [0.5, 0.6) is 11.5 Å². The number of nitrogens with zero attached hydrogens (tertiary/aromatic N) is 4. The second-order valence-electron chi connectivity index (χ2n) is 5.78. The van der Waals surface area contributed by atoms with Gasteiger partial charge in [0.25, 0.3) is 0 Å². The number of para-hydroxylation sites is 1. The molecule has 0 atom stereocenters. The van der Waals surface area contributed by atoms with Gasteiger partial charge in [-0.2, -0.15) is 0 Å². The predicted molar refractivity (Wildman–Crippen MR) is 114 cm³/mol. The average Bonchev–Trinajstić information content (AvgIpc) is 2.75. The number of ether oxygens (including phenoxy) is 1. The summed E-state index contributed by atoms with van der Waals surface area (Å²) in [6, 6.07) is 15.9. The van der Waals surface area contributed by atoms with E-state index in [0.717, 1.165) is 28.0 Å². The third-order valence-electron chi connectivity index (χ3n) is 3.93. The van der Waals surface area contributed by atoms with Gasteiger partial charge in [-0.1, -0.05) is 42.1 Å². The van der Waals surface area contributed by atoms with Gasteiger partial charge in [-0.3, -0.25) is 19.9 Å². The molecule has 4 N–H and O–H groups in total. The van der Waals surface area contributed by atoms with Crippen molar-refractivity contribution in [3.8, 4) is 11.5 Å². The zero-order valence-electron chi connectivity index (χ0n) is 16.3. The molecule has 162 valence electrons. The van der Waals surface area contributed by atoms with Crippen LogP contribution in [0.4, 0.5) is 4.79 Å². The Hall–Kier alpha value is -3.75. The zero-order valence-corrected chi connectivity index (χ0v) is 17.3. The van der Waals surface area contributed by atoms with Gasteiger partial charge in [0.05, 0.1) is 18.1 Å². The number of aromatic nitrogens is 2. The number of urea groups is 1. The maximum absolute atomic E-state index is 11.5. The van der Waals surface area contributed by atoms with Gasteiger partial charge in [-0.05, 0) is 23.8 Å². The number of benzene rings is 2. The quantitative estimate of drug-likeness (QED) is 0.213. The van der Waals surface area contributed by atoms with E-state index in [4.69, 9.17) is 10.5 Å². The summed E-state index contributed by atoms with van der Waals surface area (Å²) in [5.41, 5.74) is 10.0. The Kier molecular flexibility index (Phi) is 9.84. The summed E-state index contributed by atoms with van der Waals surface area (Å²) in [5.74, 6) is -0.110. The van der Waals surface area contributed by atoms with Crippen LogP contribution in [0.25, 0.3) is 27.2 Å². The molecule has 0 aliphatic rings. The molecule has 31 heavy (non-hydrogen) atoms. The Bertz CT molecular complexity index is 1130. The van der Waals surface area contributed by atoms with E-state index in [1.54, 1.807) is 18.5 Å². The summed E-state index contributed by atoms with van der Waals surface area (Å²) in [7, 11) is 1.39. The van der Waals surface area contributed by atoms with Crippen molar-refractivity contribution >= 4 is 34.1 Å². The van der Waals surface area contributed by atoms with E-state index in [1.807, 2.05) is 12.1 Å². The fourth-order valence-electron chi connectivity index (χ4n) is 2.62. The molecule has 0 aliphatic heterocycles. The van der Waals surface area contributed by atoms with Crippen molar-refractivity contribution in [2.75, 3.05) is 7.11 Å². The second-order valence-corrected chi connectivity index (χ2v) is 5.78. The van der Waals surface area contributed by atoms with Crippen LogP contribution in [0.15, 0.2) is 72.1 Å². The van der Waals surface area contributed by atoms with Crippen LogP contribution < -0.4 is 15.6 Å². The molecule has 0 spiro atoms. The fourth-order valence-corrected chi connectivity index (χ4v) is 2.62. The first-order valence-corrected chi connectivity index (χ1v) is 8.56. The van der Waals surface area contributed by atoms with Crippen LogP contribution in [-0.4, -0.2) is 34.8 Å². The molecule has 0 bridgehead atoms.